The summed E-state index contributed by atoms with van der Waals surface area (Å²) in [5, 5.41) is 1.99. The molecule has 0 aliphatic carbocycles. The van der Waals surface area contributed by atoms with Gasteiger partial charge >= 0.3 is 0 Å². The summed E-state index contributed by atoms with van der Waals surface area (Å²) in [6.45, 7) is 0. The van der Waals surface area contributed by atoms with Gasteiger partial charge in [0.05, 0.1) is 17.7 Å². The Balaban J connectivity index is 2.47. The van der Waals surface area contributed by atoms with E-state index in [0.29, 0.717) is 0 Å². The van der Waals surface area contributed by atoms with Crippen LogP contribution in [0, 0.1) is 0 Å². The highest BCUT2D eigenvalue weighted by Crippen LogP contribution is 2.32. The molecule has 1 aromatic heterocycles. The first-order valence-electron chi connectivity index (χ1n) is 4.28. The highest BCUT2D eigenvalue weighted by molar-refractivity contribution is 7.14. The van der Waals surface area contributed by atoms with Crippen molar-refractivity contribution in [2.24, 2.45) is 0 Å². The number of hydrogen-bond acceptors (Lipinski definition) is 3. The smallest absolute Gasteiger partial charge is 0.119 e. The van der Waals surface area contributed by atoms with Gasteiger partial charge in [0.2, 0.25) is 0 Å². The van der Waals surface area contributed by atoms with Gasteiger partial charge in [-0.15, -0.1) is 11.3 Å². The molecule has 0 aliphatic heterocycles. The van der Waals surface area contributed by atoms with Gasteiger partial charge in [0.1, 0.15) is 5.75 Å². The molecule has 0 atom stereocenters. The van der Waals surface area contributed by atoms with Crippen LogP contribution in [-0.2, 0) is 0 Å². The van der Waals surface area contributed by atoms with Crippen molar-refractivity contribution in [1.29, 1.82) is 0 Å². The summed E-state index contributed by atoms with van der Waals surface area (Å²) in [5.74, 6) is 0.857. The lowest BCUT2D eigenvalue weighted by atomic mass is 10.1. The minimum Gasteiger partial charge on any atom is -0.497 e. The number of methoxy groups -OCH3 is 1. The van der Waals surface area contributed by atoms with E-state index in [1.807, 2.05) is 35.7 Å². The zero-order chi connectivity index (χ0) is 9.97. The van der Waals surface area contributed by atoms with Crippen molar-refractivity contribution in [3.05, 3.63) is 35.7 Å². The van der Waals surface area contributed by atoms with E-state index < -0.39 is 0 Å². The fourth-order valence-electron chi connectivity index (χ4n) is 1.32. The largest absolute Gasteiger partial charge is 0.497 e. The molecule has 14 heavy (non-hydrogen) atoms. The Morgan fingerprint density at radius 3 is 2.79 bits per heavy atom. The average Bonchev–Trinajstić information content (AvgIpc) is 2.65. The number of rotatable bonds is 2. The number of benzene rings is 1. The van der Waals surface area contributed by atoms with Crippen LogP contribution in [0.4, 0.5) is 5.69 Å². The topological polar surface area (TPSA) is 35.2 Å². The molecule has 0 saturated heterocycles. The lowest BCUT2D eigenvalue weighted by Crippen LogP contribution is -1.85. The van der Waals surface area contributed by atoms with E-state index in [0.717, 1.165) is 21.9 Å². The van der Waals surface area contributed by atoms with Crippen molar-refractivity contribution in [2.75, 3.05) is 12.8 Å². The van der Waals surface area contributed by atoms with Crippen LogP contribution < -0.4 is 10.5 Å². The standard InChI is InChI=1S/C11H11NOS/c1-13-9-4-2-3-8(7-9)11-10(12)5-6-14-11/h2-7H,12H2,1H3. The molecule has 2 rings (SSSR count). The quantitative estimate of drug-likeness (QED) is 0.818. The van der Waals surface area contributed by atoms with Crippen molar-refractivity contribution >= 4 is 17.0 Å². The first kappa shape index (κ1) is 9.09. The Labute approximate surface area is 86.9 Å². The maximum Gasteiger partial charge on any atom is 0.119 e. The molecule has 2 nitrogen and oxygen atoms in total. The summed E-state index contributed by atoms with van der Waals surface area (Å²) in [4.78, 5) is 1.10. The second-order valence-electron chi connectivity index (χ2n) is 2.94. The maximum atomic E-state index is 5.83. The summed E-state index contributed by atoms with van der Waals surface area (Å²) in [6.07, 6.45) is 0. The van der Waals surface area contributed by atoms with Gasteiger partial charge in [0.25, 0.3) is 0 Å². The Hall–Kier alpha value is -1.48. The first-order chi connectivity index (χ1) is 6.81. The van der Waals surface area contributed by atoms with Crippen LogP contribution in [0.2, 0.25) is 0 Å². The minimum atomic E-state index is 0.822. The molecule has 2 N–H and O–H groups in total. The van der Waals surface area contributed by atoms with E-state index in [-0.39, 0.29) is 0 Å². The molecule has 0 fully saturated rings. The van der Waals surface area contributed by atoms with Crippen LogP contribution >= 0.6 is 11.3 Å². The number of anilines is 1. The zero-order valence-corrected chi connectivity index (χ0v) is 8.67. The van der Waals surface area contributed by atoms with Crippen molar-refractivity contribution in [2.45, 2.75) is 0 Å². The van der Waals surface area contributed by atoms with E-state index in [1.165, 1.54) is 0 Å². The van der Waals surface area contributed by atoms with Gasteiger partial charge in [-0.05, 0) is 29.1 Å². The van der Waals surface area contributed by atoms with Gasteiger partial charge in [-0.25, -0.2) is 0 Å². The van der Waals surface area contributed by atoms with Gasteiger partial charge < -0.3 is 10.5 Å². The highest BCUT2D eigenvalue weighted by Gasteiger charge is 2.04. The minimum absolute atomic E-state index is 0.822. The normalized spacial score (nSPS) is 10.1. The Morgan fingerprint density at radius 2 is 2.14 bits per heavy atom. The Bertz CT molecular complexity index is 436. The average molecular weight is 205 g/mol. The zero-order valence-electron chi connectivity index (χ0n) is 7.86. The van der Waals surface area contributed by atoms with Gasteiger partial charge in [-0.3, -0.25) is 0 Å². The maximum absolute atomic E-state index is 5.83. The molecule has 72 valence electrons. The third-order valence-electron chi connectivity index (χ3n) is 2.03. The van der Waals surface area contributed by atoms with Gasteiger partial charge in [-0.2, -0.15) is 0 Å². The number of nitrogens with two attached hydrogens (primary N) is 1. The molecule has 0 unspecified atom stereocenters. The summed E-state index contributed by atoms with van der Waals surface area (Å²) in [5.41, 5.74) is 7.76. The summed E-state index contributed by atoms with van der Waals surface area (Å²) < 4.78 is 5.16. The molecule has 2 aromatic rings. The van der Waals surface area contributed by atoms with Crippen molar-refractivity contribution in [3.8, 4) is 16.2 Å². The molecule has 0 bridgehead atoms. The van der Waals surface area contributed by atoms with Gasteiger partial charge in [-0.1, -0.05) is 12.1 Å². The fraction of sp³-hybridized carbons (Fsp3) is 0.0909. The van der Waals surface area contributed by atoms with Crippen molar-refractivity contribution in [3.63, 3.8) is 0 Å². The first-order valence-corrected chi connectivity index (χ1v) is 5.16. The lowest BCUT2D eigenvalue weighted by molar-refractivity contribution is 0.415. The monoisotopic (exact) mass is 205 g/mol. The lowest BCUT2D eigenvalue weighted by Gasteiger charge is -2.03. The molecule has 0 amide bonds. The van der Waals surface area contributed by atoms with E-state index in [4.69, 9.17) is 10.5 Å². The number of nitrogen functional groups attached to an aromatic ring is 1. The predicted octanol–water partition coefficient (Wildman–Crippen LogP) is 3.01. The third kappa shape index (κ3) is 1.59. The van der Waals surface area contributed by atoms with E-state index in [9.17, 15) is 0 Å². The Morgan fingerprint density at radius 1 is 1.29 bits per heavy atom. The molecular formula is C11H11NOS. The van der Waals surface area contributed by atoms with Crippen LogP contribution in [0.1, 0.15) is 0 Å². The molecule has 1 heterocycles. The third-order valence-corrected chi connectivity index (χ3v) is 3.01. The molecule has 3 heteroatoms. The number of thiophene rings is 1. The predicted molar refractivity (Wildman–Crippen MR) is 60.7 cm³/mol. The molecule has 1 aromatic carbocycles. The van der Waals surface area contributed by atoms with Crippen molar-refractivity contribution < 1.29 is 4.74 Å². The van der Waals surface area contributed by atoms with Crippen LogP contribution in [0.15, 0.2) is 35.7 Å². The number of ether oxygens (including phenoxy) is 1. The van der Waals surface area contributed by atoms with E-state index in [2.05, 4.69) is 0 Å². The summed E-state index contributed by atoms with van der Waals surface area (Å²) in [6, 6.07) is 9.83. The molecule has 0 spiro atoms. The van der Waals surface area contributed by atoms with E-state index in [1.54, 1.807) is 18.4 Å². The SMILES string of the molecule is COc1cccc(-c2sccc2N)c1. The van der Waals surface area contributed by atoms with Crippen LogP contribution in [0.25, 0.3) is 10.4 Å². The molecule has 0 aliphatic rings. The van der Waals surface area contributed by atoms with Gasteiger partial charge in [0.15, 0.2) is 0 Å². The van der Waals surface area contributed by atoms with E-state index >= 15 is 0 Å². The van der Waals surface area contributed by atoms with Crippen molar-refractivity contribution in [1.82, 2.24) is 0 Å². The molecule has 0 saturated carbocycles. The second kappa shape index (κ2) is 3.72. The number of hydrogen-bond donors (Lipinski definition) is 1. The highest BCUT2D eigenvalue weighted by atomic mass is 32.1. The van der Waals surface area contributed by atoms with Crippen LogP contribution in [0.5, 0.6) is 5.75 Å². The summed E-state index contributed by atoms with van der Waals surface area (Å²) in [7, 11) is 1.66. The molecular weight excluding hydrogens is 194 g/mol. The van der Waals surface area contributed by atoms with Crippen LogP contribution in [-0.4, -0.2) is 7.11 Å². The van der Waals surface area contributed by atoms with Gasteiger partial charge in [0, 0.05) is 0 Å². The fourth-order valence-corrected chi connectivity index (χ4v) is 2.14. The summed E-state index contributed by atoms with van der Waals surface area (Å²) >= 11 is 1.64. The van der Waals surface area contributed by atoms with Crippen LogP contribution in [0.3, 0.4) is 0 Å². The second-order valence-corrected chi connectivity index (χ2v) is 3.85. The molecule has 0 radical (unpaired) electrons. The Kier molecular flexibility index (Phi) is 2.41.